The van der Waals surface area contributed by atoms with E-state index in [0.717, 1.165) is 24.4 Å². The summed E-state index contributed by atoms with van der Waals surface area (Å²) in [5, 5.41) is 3.64. The zero-order valence-corrected chi connectivity index (χ0v) is 14.8. The standard InChI is InChI=1S/C18H27BrFN/c1-3-6-13-9-10-17(21-4-2)15(11-13)12-14-7-5-8-16(20)18(14)19/h5,7-8,13,15,17,21H,3-4,6,9-12H2,1-2H3. The SMILES string of the molecule is CCCC1CCC(NCC)C(Cc2cccc(F)c2Br)C1. The van der Waals surface area contributed by atoms with Crippen molar-refractivity contribution in [2.75, 3.05) is 6.54 Å². The zero-order chi connectivity index (χ0) is 15.2. The maximum atomic E-state index is 13.7. The van der Waals surface area contributed by atoms with E-state index in [2.05, 4.69) is 41.2 Å². The van der Waals surface area contributed by atoms with Crippen molar-refractivity contribution in [2.45, 2.75) is 58.4 Å². The maximum absolute atomic E-state index is 13.7. The van der Waals surface area contributed by atoms with Crippen LogP contribution < -0.4 is 5.32 Å². The Morgan fingerprint density at radius 3 is 2.81 bits per heavy atom. The molecule has 0 bridgehead atoms. The lowest BCUT2D eigenvalue weighted by molar-refractivity contribution is 0.195. The summed E-state index contributed by atoms with van der Waals surface area (Å²) < 4.78 is 14.4. The van der Waals surface area contributed by atoms with Gasteiger partial charge < -0.3 is 5.32 Å². The molecule has 1 fully saturated rings. The molecule has 2 rings (SSSR count). The Balaban J connectivity index is 2.09. The Bertz CT molecular complexity index is 449. The third-order valence-corrected chi connectivity index (χ3v) is 5.66. The van der Waals surface area contributed by atoms with Crippen LogP contribution in [0.5, 0.6) is 0 Å². The third kappa shape index (κ3) is 4.53. The maximum Gasteiger partial charge on any atom is 0.137 e. The van der Waals surface area contributed by atoms with E-state index in [-0.39, 0.29) is 5.82 Å². The summed E-state index contributed by atoms with van der Waals surface area (Å²) in [5.41, 5.74) is 1.11. The van der Waals surface area contributed by atoms with Crippen molar-refractivity contribution >= 4 is 15.9 Å². The van der Waals surface area contributed by atoms with Gasteiger partial charge in [-0.05, 0) is 71.6 Å². The second-order valence-corrected chi connectivity index (χ2v) is 7.10. The largest absolute Gasteiger partial charge is 0.314 e. The van der Waals surface area contributed by atoms with Crippen LogP contribution >= 0.6 is 15.9 Å². The van der Waals surface area contributed by atoms with Crippen LogP contribution in [0.1, 0.15) is 51.5 Å². The Hall–Kier alpha value is -0.410. The van der Waals surface area contributed by atoms with E-state index < -0.39 is 0 Å². The Morgan fingerprint density at radius 1 is 1.29 bits per heavy atom. The smallest absolute Gasteiger partial charge is 0.137 e. The van der Waals surface area contributed by atoms with Crippen LogP contribution in [0.25, 0.3) is 0 Å². The van der Waals surface area contributed by atoms with E-state index in [1.807, 2.05) is 6.07 Å². The molecule has 1 nitrogen and oxygen atoms in total. The van der Waals surface area contributed by atoms with Crippen molar-refractivity contribution in [3.8, 4) is 0 Å². The monoisotopic (exact) mass is 355 g/mol. The number of benzene rings is 1. The van der Waals surface area contributed by atoms with Crippen LogP contribution in [-0.4, -0.2) is 12.6 Å². The van der Waals surface area contributed by atoms with Crippen LogP contribution in [-0.2, 0) is 6.42 Å². The number of hydrogen-bond acceptors (Lipinski definition) is 1. The summed E-state index contributed by atoms with van der Waals surface area (Å²) in [6, 6.07) is 5.98. The zero-order valence-electron chi connectivity index (χ0n) is 13.2. The Labute approximate surface area is 136 Å². The van der Waals surface area contributed by atoms with Gasteiger partial charge in [0.15, 0.2) is 0 Å². The first kappa shape index (κ1) is 17.0. The summed E-state index contributed by atoms with van der Waals surface area (Å²) in [6.07, 6.45) is 7.44. The first-order valence-corrected chi connectivity index (χ1v) is 9.11. The highest BCUT2D eigenvalue weighted by molar-refractivity contribution is 9.10. The molecular weight excluding hydrogens is 329 g/mol. The van der Waals surface area contributed by atoms with E-state index >= 15 is 0 Å². The second kappa shape index (κ2) is 8.28. The molecule has 0 heterocycles. The lowest BCUT2D eigenvalue weighted by Gasteiger charge is -2.37. The fourth-order valence-electron chi connectivity index (χ4n) is 3.78. The molecule has 1 aromatic rings. The van der Waals surface area contributed by atoms with Gasteiger partial charge in [0.05, 0.1) is 4.47 Å². The molecule has 1 aliphatic rings. The van der Waals surface area contributed by atoms with Crippen molar-refractivity contribution in [1.29, 1.82) is 0 Å². The van der Waals surface area contributed by atoms with Gasteiger partial charge >= 0.3 is 0 Å². The highest BCUT2D eigenvalue weighted by Gasteiger charge is 2.30. The summed E-state index contributed by atoms with van der Waals surface area (Å²) in [6.45, 7) is 5.46. The van der Waals surface area contributed by atoms with Crippen LogP contribution in [0.4, 0.5) is 4.39 Å². The Morgan fingerprint density at radius 2 is 2.10 bits per heavy atom. The molecule has 1 aliphatic carbocycles. The van der Waals surface area contributed by atoms with Gasteiger partial charge in [0.25, 0.3) is 0 Å². The fourth-order valence-corrected chi connectivity index (χ4v) is 4.20. The van der Waals surface area contributed by atoms with Crippen molar-refractivity contribution < 1.29 is 4.39 Å². The molecule has 1 N–H and O–H groups in total. The predicted octanol–water partition coefficient (Wildman–Crippen LogP) is 5.33. The molecule has 3 atom stereocenters. The number of nitrogens with one attached hydrogen (secondary N) is 1. The lowest BCUT2D eigenvalue weighted by Crippen LogP contribution is -2.41. The quantitative estimate of drug-likeness (QED) is 0.727. The fraction of sp³-hybridized carbons (Fsp3) is 0.667. The molecule has 0 radical (unpaired) electrons. The van der Waals surface area contributed by atoms with E-state index in [4.69, 9.17) is 0 Å². The van der Waals surface area contributed by atoms with Gasteiger partial charge in [0.2, 0.25) is 0 Å². The number of hydrogen-bond donors (Lipinski definition) is 1. The molecule has 3 heteroatoms. The minimum atomic E-state index is -0.145. The van der Waals surface area contributed by atoms with Gasteiger partial charge in [0, 0.05) is 6.04 Å². The van der Waals surface area contributed by atoms with Gasteiger partial charge in [-0.1, -0.05) is 38.8 Å². The van der Waals surface area contributed by atoms with Gasteiger partial charge in [-0.25, -0.2) is 4.39 Å². The van der Waals surface area contributed by atoms with Crippen LogP contribution in [0.3, 0.4) is 0 Å². The molecule has 1 aromatic carbocycles. The molecule has 118 valence electrons. The van der Waals surface area contributed by atoms with E-state index in [1.54, 1.807) is 0 Å². The van der Waals surface area contributed by atoms with E-state index in [9.17, 15) is 4.39 Å². The lowest BCUT2D eigenvalue weighted by atomic mass is 9.74. The molecule has 1 saturated carbocycles. The summed E-state index contributed by atoms with van der Waals surface area (Å²) in [7, 11) is 0. The van der Waals surface area contributed by atoms with E-state index in [0.29, 0.717) is 16.4 Å². The average Bonchev–Trinajstić information content (AvgIpc) is 2.47. The van der Waals surface area contributed by atoms with Gasteiger partial charge in [-0.2, -0.15) is 0 Å². The second-order valence-electron chi connectivity index (χ2n) is 6.31. The molecule has 21 heavy (non-hydrogen) atoms. The molecule has 0 amide bonds. The third-order valence-electron chi connectivity index (χ3n) is 4.77. The van der Waals surface area contributed by atoms with Crippen molar-refractivity contribution in [1.82, 2.24) is 5.32 Å². The van der Waals surface area contributed by atoms with Gasteiger partial charge in [-0.3, -0.25) is 0 Å². The summed E-state index contributed by atoms with van der Waals surface area (Å²) in [5.74, 6) is 1.32. The molecule has 0 aromatic heterocycles. The van der Waals surface area contributed by atoms with Crippen LogP contribution in [0.15, 0.2) is 22.7 Å². The molecule has 3 unspecified atom stereocenters. The minimum absolute atomic E-state index is 0.145. The topological polar surface area (TPSA) is 12.0 Å². The van der Waals surface area contributed by atoms with Crippen LogP contribution in [0.2, 0.25) is 0 Å². The first-order chi connectivity index (χ1) is 10.2. The average molecular weight is 356 g/mol. The highest BCUT2D eigenvalue weighted by Crippen LogP contribution is 2.35. The number of halogens is 2. The highest BCUT2D eigenvalue weighted by atomic mass is 79.9. The summed E-state index contributed by atoms with van der Waals surface area (Å²) in [4.78, 5) is 0. The minimum Gasteiger partial charge on any atom is -0.314 e. The van der Waals surface area contributed by atoms with Crippen molar-refractivity contribution in [2.24, 2.45) is 11.8 Å². The normalized spacial score (nSPS) is 26.0. The molecular formula is C18H27BrFN. The molecule has 0 spiro atoms. The summed E-state index contributed by atoms with van der Waals surface area (Å²) >= 11 is 3.42. The van der Waals surface area contributed by atoms with Gasteiger partial charge in [-0.15, -0.1) is 0 Å². The number of rotatable bonds is 6. The molecule has 0 aliphatic heterocycles. The van der Waals surface area contributed by atoms with E-state index in [1.165, 1.54) is 38.2 Å². The first-order valence-electron chi connectivity index (χ1n) is 8.31. The predicted molar refractivity (Wildman–Crippen MR) is 91.0 cm³/mol. The Kier molecular flexibility index (Phi) is 6.69. The van der Waals surface area contributed by atoms with Crippen molar-refractivity contribution in [3.05, 3.63) is 34.1 Å². The van der Waals surface area contributed by atoms with Gasteiger partial charge in [0.1, 0.15) is 5.82 Å². The van der Waals surface area contributed by atoms with Crippen molar-refractivity contribution in [3.63, 3.8) is 0 Å². The molecule has 0 saturated heterocycles. The van der Waals surface area contributed by atoms with Crippen LogP contribution in [0, 0.1) is 17.7 Å².